The normalized spacial score (nSPS) is 10.4. The smallest absolute Gasteiger partial charge is 0.0361 e. The standard InChI is InChI=1S/C14H13N.C6H6/c1-15(2)14-5-3-10(4-6-14)11-7-12-9-13(12)8-11;1-2-4-6-5-3-1/h3-9H,1-2H3;1-6H. The number of anilines is 1. The number of hydrogen-bond donors (Lipinski definition) is 0. The zero-order valence-electron chi connectivity index (χ0n) is 12.5. The Balaban J connectivity index is 0.000000186. The van der Waals surface area contributed by atoms with Crippen LogP contribution >= 0.6 is 0 Å². The van der Waals surface area contributed by atoms with Crippen molar-refractivity contribution in [1.82, 2.24) is 0 Å². The minimum Gasteiger partial charge on any atom is -0.378 e. The first-order valence-corrected chi connectivity index (χ1v) is 7.17. The first kappa shape index (κ1) is 13.4. The largest absolute Gasteiger partial charge is 0.378 e. The van der Waals surface area contributed by atoms with Crippen LogP contribution in [0.25, 0.3) is 22.3 Å². The highest BCUT2D eigenvalue weighted by atomic mass is 15.1. The van der Waals surface area contributed by atoms with Gasteiger partial charge in [-0.2, -0.15) is 0 Å². The van der Waals surface area contributed by atoms with Crippen molar-refractivity contribution in [1.29, 1.82) is 0 Å². The SMILES string of the molecule is CN(C)c1ccc(-c2cc3cc-3c2)cc1.c1ccccc1. The van der Waals surface area contributed by atoms with Gasteiger partial charge in [0.05, 0.1) is 0 Å². The number of rotatable bonds is 2. The molecule has 0 N–H and O–H groups in total. The summed E-state index contributed by atoms with van der Waals surface area (Å²) >= 11 is 0. The summed E-state index contributed by atoms with van der Waals surface area (Å²) in [6.07, 6.45) is 0. The lowest BCUT2D eigenvalue weighted by molar-refractivity contribution is 1.13. The van der Waals surface area contributed by atoms with Gasteiger partial charge < -0.3 is 4.90 Å². The molecule has 104 valence electrons. The first-order valence-electron chi connectivity index (χ1n) is 7.17. The molecule has 1 heteroatoms. The molecule has 2 aromatic carbocycles. The second-order valence-electron chi connectivity index (χ2n) is 5.40. The minimum absolute atomic E-state index is 1.24. The molecule has 0 spiro atoms. The summed E-state index contributed by atoms with van der Waals surface area (Å²) in [6, 6.07) is 27.4. The maximum absolute atomic E-state index is 2.25. The van der Waals surface area contributed by atoms with E-state index < -0.39 is 0 Å². The van der Waals surface area contributed by atoms with Crippen LogP contribution in [0, 0.1) is 0 Å². The molecule has 1 nitrogen and oxygen atoms in total. The fourth-order valence-corrected chi connectivity index (χ4v) is 2.26. The quantitative estimate of drug-likeness (QED) is 0.492. The summed E-state index contributed by atoms with van der Waals surface area (Å²) in [5.41, 5.74) is 6.70. The summed E-state index contributed by atoms with van der Waals surface area (Å²) in [5.74, 6) is 0. The molecule has 0 unspecified atom stereocenters. The van der Waals surface area contributed by atoms with Crippen LogP contribution in [-0.4, -0.2) is 14.1 Å². The molecule has 0 amide bonds. The average Bonchev–Trinajstić information content (AvgIpc) is 3.15. The summed E-state index contributed by atoms with van der Waals surface area (Å²) in [6.45, 7) is 0. The lowest BCUT2D eigenvalue weighted by Gasteiger charge is -2.12. The monoisotopic (exact) mass is 273 g/mol. The molecular formula is C20H19N. The van der Waals surface area contributed by atoms with Crippen LogP contribution < -0.4 is 4.90 Å². The molecule has 0 saturated carbocycles. The van der Waals surface area contributed by atoms with Crippen molar-refractivity contribution in [2.75, 3.05) is 19.0 Å². The van der Waals surface area contributed by atoms with E-state index in [-0.39, 0.29) is 0 Å². The van der Waals surface area contributed by atoms with Crippen molar-refractivity contribution in [2.24, 2.45) is 0 Å². The van der Waals surface area contributed by atoms with Crippen LogP contribution in [0.5, 0.6) is 0 Å². The van der Waals surface area contributed by atoms with E-state index in [9.17, 15) is 0 Å². The lowest BCUT2D eigenvalue weighted by atomic mass is 10.1. The molecule has 0 aromatic heterocycles. The third-order valence-corrected chi connectivity index (χ3v) is 3.57. The van der Waals surface area contributed by atoms with Crippen LogP contribution in [0.2, 0.25) is 0 Å². The Labute approximate surface area is 126 Å². The van der Waals surface area contributed by atoms with E-state index in [2.05, 4.69) is 61.5 Å². The Bertz CT molecular complexity index is 666. The summed E-state index contributed by atoms with van der Waals surface area (Å²) < 4.78 is 0. The maximum Gasteiger partial charge on any atom is 0.0361 e. The Kier molecular flexibility index (Phi) is 3.74. The lowest BCUT2D eigenvalue weighted by Crippen LogP contribution is -2.07. The van der Waals surface area contributed by atoms with Gasteiger partial charge >= 0.3 is 0 Å². The maximum atomic E-state index is 2.25. The van der Waals surface area contributed by atoms with E-state index in [0.29, 0.717) is 0 Å². The molecule has 0 atom stereocenters. The van der Waals surface area contributed by atoms with Gasteiger partial charge in [0, 0.05) is 19.8 Å². The highest BCUT2D eigenvalue weighted by Crippen LogP contribution is 2.40. The molecule has 2 aromatic rings. The molecule has 0 saturated heterocycles. The van der Waals surface area contributed by atoms with Gasteiger partial charge in [-0.05, 0) is 52.6 Å². The highest BCUT2D eigenvalue weighted by Gasteiger charge is 2.14. The highest BCUT2D eigenvalue weighted by molar-refractivity contribution is 5.89. The fourth-order valence-electron chi connectivity index (χ4n) is 2.26. The van der Waals surface area contributed by atoms with Crippen LogP contribution in [0.3, 0.4) is 0 Å². The van der Waals surface area contributed by atoms with Crippen molar-refractivity contribution in [3.8, 4) is 22.3 Å². The molecule has 21 heavy (non-hydrogen) atoms. The Morgan fingerprint density at radius 3 is 1.29 bits per heavy atom. The van der Waals surface area contributed by atoms with E-state index in [1.54, 1.807) is 0 Å². The third kappa shape index (κ3) is 3.32. The predicted molar refractivity (Wildman–Crippen MR) is 91.6 cm³/mol. The van der Waals surface area contributed by atoms with E-state index in [4.69, 9.17) is 0 Å². The van der Waals surface area contributed by atoms with Crippen molar-refractivity contribution in [3.63, 3.8) is 0 Å². The molecule has 0 fully saturated rings. The van der Waals surface area contributed by atoms with Crippen LogP contribution in [0.15, 0.2) is 78.9 Å². The topological polar surface area (TPSA) is 3.24 Å². The van der Waals surface area contributed by atoms with Crippen molar-refractivity contribution in [2.45, 2.75) is 0 Å². The van der Waals surface area contributed by atoms with Crippen molar-refractivity contribution in [3.05, 3.63) is 78.9 Å². The van der Waals surface area contributed by atoms with E-state index >= 15 is 0 Å². The predicted octanol–water partition coefficient (Wildman–Crippen LogP) is 5.09. The average molecular weight is 273 g/mol. The van der Waals surface area contributed by atoms with Crippen LogP contribution in [0.1, 0.15) is 0 Å². The Hall–Kier alpha value is -2.54. The second-order valence-corrected chi connectivity index (χ2v) is 5.40. The molecule has 0 bridgehead atoms. The van der Waals surface area contributed by atoms with E-state index in [0.717, 1.165) is 0 Å². The molecule has 2 aliphatic rings. The number of benzene rings is 3. The Morgan fingerprint density at radius 2 is 0.905 bits per heavy atom. The minimum atomic E-state index is 1.24. The zero-order chi connectivity index (χ0) is 14.7. The zero-order valence-corrected chi connectivity index (χ0v) is 12.5. The summed E-state index contributed by atoms with van der Waals surface area (Å²) in [4.78, 5) is 2.12. The second kappa shape index (κ2) is 5.84. The van der Waals surface area contributed by atoms with Gasteiger partial charge in [0.15, 0.2) is 0 Å². The molecular weight excluding hydrogens is 254 g/mol. The fraction of sp³-hybridized carbons (Fsp3) is 0.100. The summed E-state index contributed by atoms with van der Waals surface area (Å²) in [5, 5.41) is 0. The van der Waals surface area contributed by atoms with Gasteiger partial charge in [0.1, 0.15) is 0 Å². The van der Waals surface area contributed by atoms with Gasteiger partial charge in [-0.3, -0.25) is 0 Å². The third-order valence-electron chi connectivity index (χ3n) is 3.57. The summed E-state index contributed by atoms with van der Waals surface area (Å²) in [7, 11) is 4.12. The van der Waals surface area contributed by atoms with Crippen molar-refractivity contribution >= 4 is 5.69 Å². The molecule has 2 aliphatic carbocycles. The van der Waals surface area contributed by atoms with E-state index in [1.807, 2.05) is 36.4 Å². The van der Waals surface area contributed by atoms with Gasteiger partial charge in [0.25, 0.3) is 0 Å². The van der Waals surface area contributed by atoms with Gasteiger partial charge in [-0.25, -0.2) is 0 Å². The molecule has 0 heterocycles. The van der Waals surface area contributed by atoms with Crippen LogP contribution in [0.4, 0.5) is 5.69 Å². The van der Waals surface area contributed by atoms with Gasteiger partial charge in [0.2, 0.25) is 0 Å². The molecule has 0 radical (unpaired) electrons. The number of nitrogens with zero attached hydrogens (tertiary/aromatic N) is 1. The number of fused-ring (bicyclic) bond motifs is 1. The molecule has 0 aliphatic heterocycles. The molecule has 4 rings (SSSR count). The number of hydrogen-bond acceptors (Lipinski definition) is 1. The Morgan fingerprint density at radius 1 is 0.524 bits per heavy atom. The van der Waals surface area contributed by atoms with Crippen molar-refractivity contribution < 1.29 is 0 Å². The van der Waals surface area contributed by atoms with Gasteiger partial charge in [-0.15, -0.1) is 0 Å². The first-order chi connectivity index (χ1) is 10.2. The van der Waals surface area contributed by atoms with Gasteiger partial charge in [-0.1, -0.05) is 48.5 Å². The van der Waals surface area contributed by atoms with E-state index in [1.165, 1.54) is 27.9 Å². The van der Waals surface area contributed by atoms with Crippen LogP contribution in [-0.2, 0) is 0 Å².